The third-order valence-electron chi connectivity index (χ3n) is 4.82. The number of benzene rings is 4. The van der Waals surface area contributed by atoms with E-state index < -0.39 is 0 Å². The predicted molar refractivity (Wildman–Crippen MR) is 148 cm³/mol. The van der Waals surface area contributed by atoms with Crippen LogP contribution in [0.2, 0.25) is 0 Å². The topological polar surface area (TPSA) is 29.1 Å². The molecule has 2 nitrogen and oxygen atoms in total. The quantitative estimate of drug-likeness (QED) is 0.177. The van der Waals surface area contributed by atoms with Crippen LogP contribution in [-0.4, -0.2) is 5.91 Å². The largest absolute Gasteiger partial charge is 0.347 e. The Morgan fingerprint density at radius 3 is 1.53 bits per heavy atom. The number of hydrogen-bond donors (Lipinski definition) is 1. The van der Waals surface area contributed by atoms with Gasteiger partial charge in [0.05, 0.1) is 9.14 Å². The molecule has 0 fully saturated rings. The number of nitrogens with one attached hydrogen (secondary N) is 1. The van der Waals surface area contributed by atoms with Gasteiger partial charge in [0.15, 0.2) is 0 Å². The minimum atomic E-state index is -0.0494. The van der Waals surface area contributed by atoms with Gasteiger partial charge in [-0.05, 0) is 35.4 Å². The van der Waals surface area contributed by atoms with Crippen molar-refractivity contribution >= 4 is 41.2 Å². The van der Waals surface area contributed by atoms with Crippen molar-refractivity contribution in [1.82, 2.24) is 5.32 Å². The van der Waals surface area contributed by atoms with E-state index in [1.54, 1.807) is 35.3 Å². The van der Waals surface area contributed by atoms with E-state index in [-0.39, 0.29) is 5.91 Å². The monoisotopic (exact) mass is 499 g/mol. The molecule has 0 radical (unpaired) electrons. The molecule has 1 N–H and O–H groups in total. The molecule has 0 aliphatic heterocycles. The molecule has 0 aromatic heterocycles. The van der Waals surface area contributed by atoms with Gasteiger partial charge >= 0.3 is 0 Å². The summed E-state index contributed by atoms with van der Waals surface area (Å²) in [4.78, 5) is 16.5. The van der Waals surface area contributed by atoms with Crippen LogP contribution in [0.1, 0.15) is 11.1 Å². The molecule has 4 aromatic rings. The Kier molecular flexibility index (Phi) is 9.38. The number of carbonyl (C=O) groups is 1. The summed E-state index contributed by atoms with van der Waals surface area (Å²) in [7, 11) is 0. The minimum Gasteiger partial charge on any atom is -0.347 e. The van der Waals surface area contributed by atoms with Crippen LogP contribution >= 0.6 is 35.3 Å². The molecule has 0 bridgehead atoms. The summed E-state index contributed by atoms with van der Waals surface area (Å²) >= 11 is 4.87. The first-order chi connectivity index (χ1) is 16.8. The number of amides is 1. The van der Waals surface area contributed by atoms with Gasteiger partial charge in [-0.25, -0.2) is 0 Å². The molecule has 0 aliphatic rings. The van der Waals surface area contributed by atoms with Gasteiger partial charge in [0, 0.05) is 22.1 Å². The standard InChI is InChI=1S/C29H25NOS3/c31-28(30-21-23-13-5-1-6-14-23)27(32-22-24-15-7-2-8-16-24)29(33-25-17-9-3-10-18-25)34-26-19-11-4-12-20-26/h1-20H,21-22H2,(H,30,31). The van der Waals surface area contributed by atoms with Crippen molar-refractivity contribution in [3.63, 3.8) is 0 Å². The Hall–Kier alpha value is -2.86. The average molecular weight is 500 g/mol. The fraction of sp³-hybridized carbons (Fsp3) is 0.0690. The highest BCUT2D eigenvalue weighted by molar-refractivity contribution is 8.23. The second-order valence-electron chi connectivity index (χ2n) is 7.39. The molecule has 0 unspecified atom stereocenters. The van der Waals surface area contributed by atoms with Crippen LogP contribution in [-0.2, 0) is 17.1 Å². The highest BCUT2D eigenvalue weighted by atomic mass is 32.2. The van der Waals surface area contributed by atoms with Crippen molar-refractivity contribution in [2.24, 2.45) is 0 Å². The Bertz CT molecular complexity index is 1150. The van der Waals surface area contributed by atoms with E-state index in [4.69, 9.17) is 0 Å². The lowest BCUT2D eigenvalue weighted by molar-refractivity contribution is -0.116. The first-order valence-electron chi connectivity index (χ1n) is 11.0. The van der Waals surface area contributed by atoms with Gasteiger partial charge < -0.3 is 5.32 Å². The lowest BCUT2D eigenvalue weighted by Gasteiger charge is -2.15. The zero-order valence-corrected chi connectivity index (χ0v) is 21.0. The number of thioether (sulfide) groups is 3. The maximum atomic E-state index is 13.5. The lowest BCUT2D eigenvalue weighted by Crippen LogP contribution is -2.24. The van der Waals surface area contributed by atoms with Crippen molar-refractivity contribution in [1.29, 1.82) is 0 Å². The van der Waals surface area contributed by atoms with Gasteiger partial charge in [-0.3, -0.25) is 4.79 Å². The fourth-order valence-electron chi connectivity index (χ4n) is 3.11. The molecule has 170 valence electrons. The van der Waals surface area contributed by atoms with Crippen LogP contribution in [0.4, 0.5) is 0 Å². The number of rotatable bonds is 10. The zero-order valence-electron chi connectivity index (χ0n) is 18.6. The summed E-state index contributed by atoms with van der Waals surface area (Å²) in [6.07, 6.45) is 0. The lowest BCUT2D eigenvalue weighted by atomic mass is 10.2. The average Bonchev–Trinajstić information content (AvgIpc) is 2.90. The summed E-state index contributed by atoms with van der Waals surface area (Å²) in [5.74, 6) is 0.676. The third-order valence-corrected chi connectivity index (χ3v) is 8.53. The van der Waals surface area contributed by atoms with Gasteiger partial charge in [0.2, 0.25) is 0 Å². The van der Waals surface area contributed by atoms with Crippen molar-refractivity contribution < 1.29 is 4.79 Å². The van der Waals surface area contributed by atoms with Crippen LogP contribution < -0.4 is 5.32 Å². The van der Waals surface area contributed by atoms with Crippen molar-refractivity contribution in [2.75, 3.05) is 0 Å². The molecule has 4 rings (SSSR count). The zero-order chi connectivity index (χ0) is 23.4. The molecule has 0 aliphatic carbocycles. The van der Waals surface area contributed by atoms with Gasteiger partial charge in [0.25, 0.3) is 5.91 Å². The van der Waals surface area contributed by atoms with E-state index in [1.807, 2.05) is 84.9 Å². The molecule has 0 heterocycles. The highest BCUT2D eigenvalue weighted by Crippen LogP contribution is 2.44. The molecule has 4 aromatic carbocycles. The summed E-state index contributed by atoms with van der Waals surface area (Å²) < 4.78 is 0.976. The minimum absolute atomic E-state index is 0.0494. The molecule has 1 amide bonds. The van der Waals surface area contributed by atoms with Crippen LogP contribution in [0.15, 0.2) is 140 Å². The molecular formula is C29H25NOS3. The van der Waals surface area contributed by atoms with E-state index in [1.165, 1.54) is 5.56 Å². The molecule has 0 atom stereocenters. The second kappa shape index (κ2) is 13.1. The molecule has 5 heteroatoms. The first-order valence-corrected chi connectivity index (χ1v) is 13.6. The predicted octanol–water partition coefficient (Wildman–Crippen LogP) is 7.99. The van der Waals surface area contributed by atoms with E-state index in [2.05, 4.69) is 41.7 Å². The smallest absolute Gasteiger partial charge is 0.259 e. The Balaban J connectivity index is 1.65. The second-order valence-corrected chi connectivity index (χ2v) is 10.8. The van der Waals surface area contributed by atoms with E-state index >= 15 is 0 Å². The van der Waals surface area contributed by atoms with Crippen molar-refractivity contribution in [3.05, 3.63) is 142 Å². The van der Waals surface area contributed by atoms with Crippen LogP contribution in [0.3, 0.4) is 0 Å². The SMILES string of the molecule is O=C(NCc1ccccc1)C(SCc1ccccc1)=C(Sc1ccccc1)Sc1ccccc1. The van der Waals surface area contributed by atoms with E-state index in [9.17, 15) is 4.79 Å². The summed E-state index contributed by atoms with van der Waals surface area (Å²) in [6, 6.07) is 40.7. The van der Waals surface area contributed by atoms with Gasteiger partial charge in [-0.1, -0.05) is 121 Å². The summed E-state index contributed by atoms with van der Waals surface area (Å²) in [5.41, 5.74) is 2.27. The maximum Gasteiger partial charge on any atom is 0.259 e. The Labute approximate surface area is 214 Å². The van der Waals surface area contributed by atoms with Crippen LogP contribution in [0, 0.1) is 0 Å². The summed E-state index contributed by atoms with van der Waals surface area (Å²) in [5, 5.41) is 3.14. The van der Waals surface area contributed by atoms with Crippen LogP contribution in [0.5, 0.6) is 0 Å². The Morgan fingerprint density at radius 2 is 1.03 bits per heavy atom. The molecule has 0 spiro atoms. The number of carbonyl (C=O) groups excluding carboxylic acids is 1. The molecular weight excluding hydrogens is 475 g/mol. The first kappa shape index (κ1) is 24.3. The molecule has 0 saturated carbocycles. The third kappa shape index (κ3) is 7.59. The molecule has 0 saturated heterocycles. The normalized spacial score (nSPS) is 10.5. The Morgan fingerprint density at radius 1 is 0.588 bits per heavy atom. The van der Waals surface area contributed by atoms with Gasteiger partial charge in [0.1, 0.15) is 0 Å². The van der Waals surface area contributed by atoms with Crippen molar-refractivity contribution in [2.45, 2.75) is 22.1 Å². The van der Waals surface area contributed by atoms with Crippen LogP contribution in [0.25, 0.3) is 0 Å². The van der Waals surface area contributed by atoms with Gasteiger partial charge in [-0.2, -0.15) is 0 Å². The number of hydrogen-bond acceptors (Lipinski definition) is 4. The van der Waals surface area contributed by atoms with E-state index in [0.29, 0.717) is 6.54 Å². The van der Waals surface area contributed by atoms with Crippen molar-refractivity contribution in [3.8, 4) is 0 Å². The van der Waals surface area contributed by atoms with E-state index in [0.717, 1.165) is 30.2 Å². The van der Waals surface area contributed by atoms with Gasteiger partial charge in [-0.15, -0.1) is 11.8 Å². The highest BCUT2D eigenvalue weighted by Gasteiger charge is 2.19. The summed E-state index contributed by atoms with van der Waals surface area (Å²) in [6.45, 7) is 0.494. The maximum absolute atomic E-state index is 13.5. The molecule has 34 heavy (non-hydrogen) atoms. The fourth-order valence-corrected chi connectivity index (χ4v) is 6.67.